The first-order valence-electron chi connectivity index (χ1n) is 9.01. The first-order valence-corrected chi connectivity index (χ1v) is 9.01. The molecule has 2 atom stereocenters. The predicted octanol–water partition coefficient (Wildman–Crippen LogP) is 2.78. The normalized spacial score (nSPS) is 19.4. The predicted molar refractivity (Wildman–Crippen MR) is 97.7 cm³/mol. The Morgan fingerprint density at radius 1 is 1.20 bits per heavy atom. The summed E-state index contributed by atoms with van der Waals surface area (Å²) >= 11 is 0. The molecule has 2 rings (SSSR count). The van der Waals surface area contributed by atoms with Crippen LogP contribution < -0.4 is 10.6 Å². The SMILES string of the molecule is C[C@H]1C[C@H]1C(=O)NCCC(=O)NCc1cccc(COC(C)(C)C)c1. The Hall–Kier alpha value is -1.88. The van der Waals surface area contributed by atoms with Crippen LogP contribution in [0.4, 0.5) is 0 Å². The molecular weight excluding hydrogens is 316 g/mol. The van der Waals surface area contributed by atoms with Gasteiger partial charge in [0.25, 0.3) is 0 Å². The summed E-state index contributed by atoms with van der Waals surface area (Å²) in [5, 5.41) is 5.72. The lowest BCUT2D eigenvalue weighted by Crippen LogP contribution is -2.31. The molecule has 0 spiro atoms. The first-order chi connectivity index (χ1) is 11.7. The summed E-state index contributed by atoms with van der Waals surface area (Å²) in [5.41, 5.74) is 1.96. The fraction of sp³-hybridized carbons (Fsp3) is 0.600. The van der Waals surface area contributed by atoms with Crippen LogP contribution in [0.5, 0.6) is 0 Å². The van der Waals surface area contributed by atoms with Crippen LogP contribution in [0.1, 0.15) is 51.7 Å². The van der Waals surface area contributed by atoms with Crippen LogP contribution in [0, 0.1) is 11.8 Å². The van der Waals surface area contributed by atoms with Gasteiger partial charge in [0.05, 0.1) is 12.2 Å². The van der Waals surface area contributed by atoms with E-state index >= 15 is 0 Å². The number of benzene rings is 1. The molecule has 0 unspecified atom stereocenters. The summed E-state index contributed by atoms with van der Waals surface area (Å²) < 4.78 is 5.78. The number of hydrogen-bond acceptors (Lipinski definition) is 3. The summed E-state index contributed by atoms with van der Waals surface area (Å²) in [5.74, 6) is 0.664. The molecule has 2 amide bonds. The van der Waals surface area contributed by atoms with E-state index in [9.17, 15) is 9.59 Å². The third-order valence-electron chi connectivity index (χ3n) is 4.25. The minimum absolute atomic E-state index is 0.0551. The number of hydrogen-bond donors (Lipinski definition) is 2. The van der Waals surface area contributed by atoms with Gasteiger partial charge >= 0.3 is 0 Å². The second kappa shape index (κ2) is 8.48. The first kappa shape index (κ1) is 19.4. The fourth-order valence-corrected chi connectivity index (χ4v) is 2.54. The van der Waals surface area contributed by atoms with Crippen LogP contribution in [-0.2, 0) is 27.5 Å². The van der Waals surface area contributed by atoms with Crippen molar-refractivity contribution in [2.24, 2.45) is 11.8 Å². The average Bonchev–Trinajstić information content (AvgIpc) is 3.28. The van der Waals surface area contributed by atoms with Gasteiger partial charge in [-0.05, 0) is 44.2 Å². The van der Waals surface area contributed by atoms with Gasteiger partial charge in [-0.3, -0.25) is 9.59 Å². The largest absolute Gasteiger partial charge is 0.371 e. The zero-order valence-electron chi connectivity index (χ0n) is 15.7. The van der Waals surface area contributed by atoms with Crippen LogP contribution in [-0.4, -0.2) is 24.0 Å². The van der Waals surface area contributed by atoms with Crippen molar-refractivity contribution in [1.82, 2.24) is 10.6 Å². The maximum absolute atomic E-state index is 11.9. The van der Waals surface area contributed by atoms with Crippen LogP contribution in [0.25, 0.3) is 0 Å². The van der Waals surface area contributed by atoms with Crippen molar-refractivity contribution in [2.75, 3.05) is 6.54 Å². The summed E-state index contributed by atoms with van der Waals surface area (Å²) in [6.45, 7) is 9.58. The van der Waals surface area contributed by atoms with E-state index in [1.54, 1.807) is 0 Å². The highest BCUT2D eigenvalue weighted by atomic mass is 16.5. The molecule has 1 fully saturated rings. The average molecular weight is 346 g/mol. The molecule has 0 radical (unpaired) electrons. The van der Waals surface area contributed by atoms with Gasteiger partial charge in [0, 0.05) is 25.4 Å². The minimum atomic E-state index is -0.174. The third kappa shape index (κ3) is 7.26. The number of rotatable bonds is 8. The maximum atomic E-state index is 11.9. The van der Waals surface area contributed by atoms with E-state index in [0.29, 0.717) is 32.0 Å². The number of amides is 2. The van der Waals surface area contributed by atoms with E-state index in [4.69, 9.17) is 4.74 Å². The molecule has 138 valence electrons. The van der Waals surface area contributed by atoms with Crippen LogP contribution in [0.2, 0.25) is 0 Å². The fourth-order valence-electron chi connectivity index (χ4n) is 2.54. The third-order valence-corrected chi connectivity index (χ3v) is 4.25. The van der Waals surface area contributed by atoms with Crippen molar-refractivity contribution in [1.29, 1.82) is 0 Å². The van der Waals surface area contributed by atoms with Crippen molar-refractivity contribution >= 4 is 11.8 Å². The van der Waals surface area contributed by atoms with Gasteiger partial charge in [-0.1, -0.05) is 31.2 Å². The Balaban J connectivity index is 1.67. The zero-order valence-corrected chi connectivity index (χ0v) is 15.7. The van der Waals surface area contributed by atoms with E-state index in [1.165, 1.54) is 0 Å². The van der Waals surface area contributed by atoms with Gasteiger partial charge < -0.3 is 15.4 Å². The van der Waals surface area contributed by atoms with E-state index in [0.717, 1.165) is 17.5 Å². The Morgan fingerprint density at radius 3 is 2.52 bits per heavy atom. The molecule has 1 saturated carbocycles. The summed E-state index contributed by atoms with van der Waals surface area (Å²) in [6.07, 6.45) is 1.27. The van der Waals surface area contributed by atoms with Crippen LogP contribution in [0.15, 0.2) is 24.3 Å². The molecule has 1 aromatic carbocycles. The highest BCUT2D eigenvalue weighted by Crippen LogP contribution is 2.37. The molecule has 0 aromatic heterocycles. The number of carbonyl (C=O) groups excluding carboxylic acids is 2. The molecule has 25 heavy (non-hydrogen) atoms. The quantitative estimate of drug-likeness (QED) is 0.760. The second-order valence-corrected chi connectivity index (χ2v) is 7.86. The van der Waals surface area contributed by atoms with Crippen LogP contribution >= 0.6 is 0 Å². The molecule has 0 aliphatic heterocycles. The lowest BCUT2D eigenvalue weighted by atomic mass is 10.1. The molecule has 2 N–H and O–H groups in total. The molecule has 0 bridgehead atoms. The second-order valence-electron chi connectivity index (χ2n) is 7.86. The lowest BCUT2D eigenvalue weighted by Gasteiger charge is -2.19. The molecule has 0 saturated heterocycles. The van der Waals surface area contributed by atoms with Gasteiger partial charge in [0.2, 0.25) is 11.8 Å². The standard InChI is InChI=1S/C20H30N2O3/c1-14-10-17(14)19(24)21-9-8-18(23)22-12-15-6-5-7-16(11-15)13-25-20(2,3)4/h5-7,11,14,17H,8-10,12-13H2,1-4H3,(H,21,24)(H,22,23)/t14-,17+/m0/s1. The number of nitrogens with one attached hydrogen (secondary N) is 2. The Bertz CT molecular complexity index is 607. The molecule has 5 nitrogen and oxygen atoms in total. The highest BCUT2D eigenvalue weighted by Gasteiger charge is 2.38. The monoisotopic (exact) mass is 346 g/mol. The smallest absolute Gasteiger partial charge is 0.223 e. The Kier molecular flexibility index (Phi) is 6.59. The zero-order chi connectivity index (χ0) is 18.4. The van der Waals surface area contributed by atoms with E-state index in [-0.39, 0.29) is 23.3 Å². The van der Waals surface area contributed by atoms with Crippen molar-refractivity contribution in [2.45, 2.75) is 59.3 Å². The van der Waals surface area contributed by atoms with Crippen molar-refractivity contribution < 1.29 is 14.3 Å². The highest BCUT2D eigenvalue weighted by molar-refractivity contribution is 5.82. The lowest BCUT2D eigenvalue weighted by molar-refractivity contribution is -0.123. The van der Waals surface area contributed by atoms with Gasteiger partial charge in [-0.2, -0.15) is 0 Å². The molecule has 0 heterocycles. The maximum Gasteiger partial charge on any atom is 0.223 e. The Morgan fingerprint density at radius 2 is 1.88 bits per heavy atom. The molecular formula is C20H30N2O3. The van der Waals surface area contributed by atoms with Gasteiger partial charge in [-0.25, -0.2) is 0 Å². The van der Waals surface area contributed by atoms with Gasteiger partial charge in [0.15, 0.2) is 0 Å². The van der Waals surface area contributed by atoms with Crippen molar-refractivity contribution in [3.05, 3.63) is 35.4 Å². The topological polar surface area (TPSA) is 67.4 Å². The number of ether oxygens (including phenoxy) is 1. The number of carbonyl (C=O) groups is 2. The molecule has 5 heteroatoms. The summed E-state index contributed by atoms with van der Waals surface area (Å²) in [7, 11) is 0. The molecule has 1 aliphatic rings. The Labute approximate surface area is 150 Å². The van der Waals surface area contributed by atoms with Gasteiger partial charge in [0.1, 0.15) is 0 Å². The van der Waals surface area contributed by atoms with Crippen molar-refractivity contribution in [3.63, 3.8) is 0 Å². The molecule has 1 aliphatic carbocycles. The molecule has 1 aromatic rings. The van der Waals surface area contributed by atoms with E-state index < -0.39 is 0 Å². The van der Waals surface area contributed by atoms with Crippen LogP contribution in [0.3, 0.4) is 0 Å². The van der Waals surface area contributed by atoms with Crippen molar-refractivity contribution in [3.8, 4) is 0 Å². The minimum Gasteiger partial charge on any atom is -0.371 e. The van der Waals surface area contributed by atoms with Gasteiger partial charge in [-0.15, -0.1) is 0 Å². The van der Waals surface area contributed by atoms with E-state index in [1.807, 2.05) is 45.0 Å². The summed E-state index contributed by atoms with van der Waals surface area (Å²) in [4.78, 5) is 23.6. The summed E-state index contributed by atoms with van der Waals surface area (Å²) in [6, 6.07) is 8.02. The van der Waals surface area contributed by atoms with E-state index in [2.05, 4.69) is 17.6 Å².